The van der Waals surface area contributed by atoms with Crippen LogP contribution in [0, 0.1) is 5.82 Å². The lowest BCUT2D eigenvalue weighted by Gasteiger charge is -2.15. The molecule has 0 unspecified atom stereocenters. The Bertz CT molecular complexity index is 1370. The first-order chi connectivity index (χ1) is 16.9. The number of methoxy groups -OCH3 is 1. The molecular weight excluding hydrogens is 504 g/mol. The normalized spacial score (nSPS) is 12.3. The highest BCUT2D eigenvalue weighted by atomic mass is 32.2. The van der Waals surface area contributed by atoms with Gasteiger partial charge in [-0.05, 0) is 35.9 Å². The molecule has 0 spiro atoms. The molecule has 0 bridgehead atoms. The molecule has 0 aliphatic carbocycles. The summed E-state index contributed by atoms with van der Waals surface area (Å²) in [6.07, 6.45) is -2.69. The van der Waals surface area contributed by atoms with Crippen LogP contribution in [-0.2, 0) is 25.5 Å². The van der Waals surface area contributed by atoms with Crippen LogP contribution < -0.4 is 5.32 Å². The molecule has 0 saturated carbocycles. The second-order valence-electron chi connectivity index (χ2n) is 7.28. The number of alkyl halides is 3. The van der Waals surface area contributed by atoms with Gasteiger partial charge in [0.2, 0.25) is 0 Å². The van der Waals surface area contributed by atoms with Gasteiger partial charge in [0, 0.05) is 18.0 Å². The van der Waals surface area contributed by atoms with Gasteiger partial charge in [0.1, 0.15) is 23.9 Å². The number of nitrogens with zero attached hydrogens (tertiary/aromatic N) is 3. The van der Waals surface area contributed by atoms with Crippen LogP contribution in [0.25, 0.3) is 11.1 Å². The molecule has 0 atom stereocenters. The zero-order valence-electron chi connectivity index (χ0n) is 19.0. The number of sulfone groups is 1. The van der Waals surface area contributed by atoms with Crippen LogP contribution in [0.5, 0.6) is 0 Å². The van der Waals surface area contributed by atoms with Crippen LogP contribution >= 0.6 is 0 Å². The smallest absolute Gasteiger partial charge is 0.417 e. The van der Waals surface area contributed by atoms with Gasteiger partial charge in [0.25, 0.3) is 0 Å². The summed E-state index contributed by atoms with van der Waals surface area (Å²) in [5.41, 5.74) is -0.315. The average molecular weight is 524 g/mol. The Hall–Kier alpha value is -3.87. The molecule has 0 radical (unpaired) electrons. The van der Waals surface area contributed by atoms with E-state index >= 15 is 0 Å². The Balaban J connectivity index is 2.12. The largest absolute Gasteiger partial charge is 0.468 e. The number of aromatic nitrogens is 2. The van der Waals surface area contributed by atoms with Crippen molar-refractivity contribution < 1.29 is 35.5 Å². The first-order valence-corrected chi connectivity index (χ1v) is 12.0. The fourth-order valence-electron chi connectivity index (χ4n) is 2.95. The standard InChI is InChI=1S/C23H20F4N4O4S/c1-3-36(33,34)18-10-15(14-4-7-17(24)8-5-14)11-29-21(18)22(30-13-20(32)35-2)31-19-9-6-16(12-28-19)23(25,26)27/h4-12H,3,13H2,1-2H3,(H,28,30,31). The third-order valence-corrected chi connectivity index (χ3v) is 6.64. The number of halogens is 4. The number of benzene rings is 1. The van der Waals surface area contributed by atoms with Gasteiger partial charge >= 0.3 is 12.1 Å². The van der Waals surface area contributed by atoms with Gasteiger partial charge in [0.15, 0.2) is 15.7 Å². The van der Waals surface area contributed by atoms with E-state index in [-0.39, 0.29) is 28.0 Å². The number of hydrogen-bond donors (Lipinski definition) is 1. The molecule has 8 nitrogen and oxygen atoms in total. The topological polar surface area (TPSA) is 111 Å². The van der Waals surface area contributed by atoms with Crippen molar-refractivity contribution in [3.05, 3.63) is 71.9 Å². The van der Waals surface area contributed by atoms with E-state index < -0.39 is 39.9 Å². The highest BCUT2D eigenvalue weighted by molar-refractivity contribution is 7.91. The molecule has 1 aromatic carbocycles. The molecule has 0 saturated heterocycles. The Kier molecular flexibility index (Phi) is 8.03. The van der Waals surface area contributed by atoms with E-state index in [0.717, 1.165) is 19.2 Å². The molecule has 3 rings (SSSR count). The van der Waals surface area contributed by atoms with E-state index in [1.807, 2.05) is 0 Å². The molecule has 2 heterocycles. The minimum Gasteiger partial charge on any atom is -0.468 e. The minimum atomic E-state index is -4.60. The number of ether oxygens (including phenoxy) is 1. The molecule has 0 aliphatic heterocycles. The van der Waals surface area contributed by atoms with Crippen molar-refractivity contribution in [2.45, 2.75) is 18.0 Å². The van der Waals surface area contributed by atoms with Crippen LogP contribution in [0.4, 0.5) is 23.4 Å². The Morgan fingerprint density at radius 2 is 1.75 bits per heavy atom. The third kappa shape index (κ3) is 6.42. The second kappa shape index (κ2) is 10.8. The highest BCUT2D eigenvalue weighted by Gasteiger charge is 2.31. The van der Waals surface area contributed by atoms with E-state index in [4.69, 9.17) is 0 Å². The molecule has 13 heteroatoms. The van der Waals surface area contributed by atoms with E-state index in [2.05, 4.69) is 25.0 Å². The number of esters is 1. The maximum atomic E-state index is 13.3. The summed E-state index contributed by atoms with van der Waals surface area (Å²) in [7, 11) is -2.79. The zero-order chi connectivity index (χ0) is 26.5. The summed E-state index contributed by atoms with van der Waals surface area (Å²) in [4.78, 5) is 23.4. The number of carbonyl (C=O) groups excluding carboxylic acids is 1. The molecule has 0 amide bonds. The van der Waals surface area contributed by atoms with Crippen LogP contribution in [0.3, 0.4) is 0 Å². The quantitative estimate of drug-likeness (QED) is 0.214. The van der Waals surface area contributed by atoms with Crippen molar-refractivity contribution >= 4 is 27.5 Å². The number of amidine groups is 1. The summed E-state index contributed by atoms with van der Waals surface area (Å²) in [6, 6.07) is 8.44. The van der Waals surface area contributed by atoms with Crippen molar-refractivity contribution in [3.63, 3.8) is 0 Å². The third-order valence-electron chi connectivity index (χ3n) is 4.90. The van der Waals surface area contributed by atoms with Crippen LogP contribution in [0.15, 0.2) is 64.7 Å². The van der Waals surface area contributed by atoms with Crippen molar-refractivity contribution in [2.24, 2.45) is 4.99 Å². The monoisotopic (exact) mass is 524 g/mol. The average Bonchev–Trinajstić information content (AvgIpc) is 2.86. The number of rotatable bonds is 7. The summed E-state index contributed by atoms with van der Waals surface area (Å²) >= 11 is 0. The van der Waals surface area contributed by atoms with Gasteiger partial charge in [0.05, 0.1) is 23.3 Å². The predicted octanol–water partition coefficient (Wildman–Crippen LogP) is 4.13. The second-order valence-corrected chi connectivity index (χ2v) is 9.52. The first kappa shape index (κ1) is 26.7. The lowest BCUT2D eigenvalue weighted by atomic mass is 10.1. The zero-order valence-corrected chi connectivity index (χ0v) is 19.8. The van der Waals surface area contributed by atoms with Gasteiger partial charge in [-0.3, -0.25) is 14.8 Å². The molecular formula is C23H20F4N4O4S. The molecule has 0 aliphatic rings. The Labute approximate surface area is 204 Å². The van der Waals surface area contributed by atoms with Crippen LogP contribution in [0.2, 0.25) is 0 Å². The molecule has 2 aromatic heterocycles. The molecule has 1 N–H and O–H groups in total. The first-order valence-electron chi connectivity index (χ1n) is 10.3. The fraction of sp³-hybridized carbons (Fsp3) is 0.217. The molecule has 190 valence electrons. The van der Waals surface area contributed by atoms with E-state index in [9.17, 15) is 30.8 Å². The summed E-state index contributed by atoms with van der Waals surface area (Å²) < 4.78 is 82.4. The van der Waals surface area contributed by atoms with Gasteiger partial charge < -0.3 is 10.1 Å². The Morgan fingerprint density at radius 1 is 1.06 bits per heavy atom. The summed E-state index contributed by atoms with van der Waals surface area (Å²) in [5.74, 6) is -1.87. The van der Waals surface area contributed by atoms with Gasteiger partial charge in [-0.25, -0.2) is 17.8 Å². The van der Waals surface area contributed by atoms with Gasteiger partial charge in [-0.1, -0.05) is 19.1 Å². The van der Waals surface area contributed by atoms with Gasteiger partial charge in [-0.15, -0.1) is 0 Å². The molecule has 36 heavy (non-hydrogen) atoms. The predicted molar refractivity (Wildman–Crippen MR) is 124 cm³/mol. The lowest BCUT2D eigenvalue weighted by Crippen LogP contribution is -2.22. The maximum absolute atomic E-state index is 13.3. The van der Waals surface area contributed by atoms with Gasteiger partial charge in [-0.2, -0.15) is 13.2 Å². The number of pyridine rings is 2. The minimum absolute atomic E-state index is 0.101. The van der Waals surface area contributed by atoms with Crippen molar-refractivity contribution in [1.82, 2.24) is 9.97 Å². The Morgan fingerprint density at radius 3 is 2.31 bits per heavy atom. The molecule has 0 fully saturated rings. The number of aliphatic imine (C=N–C) groups is 1. The van der Waals surface area contributed by atoms with Crippen LogP contribution in [-0.4, -0.2) is 49.6 Å². The lowest BCUT2D eigenvalue weighted by molar-refractivity contribution is -0.139. The van der Waals surface area contributed by atoms with Crippen molar-refractivity contribution in [3.8, 4) is 11.1 Å². The van der Waals surface area contributed by atoms with E-state index in [1.54, 1.807) is 0 Å². The maximum Gasteiger partial charge on any atom is 0.417 e. The highest BCUT2D eigenvalue weighted by Crippen LogP contribution is 2.29. The van der Waals surface area contributed by atoms with Crippen LogP contribution in [0.1, 0.15) is 18.2 Å². The number of nitrogens with one attached hydrogen (secondary N) is 1. The van der Waals surface area contributed by atoms with E-state index in [0.29, 0.717) is 17.3 Å². The number of anilines is 1. The summed E-state index contributed by atoms with van der Waals surface area (Å²) in [5, 5.41) is 2.64. The fourth-order valence-corrected chi connectivity index (χ4v) is 4.02. The number of hydrogen-bond acceptors (Lipinski definition) is 7. The van der Waals surface area contributed by atoms with Crippen molar-refractivity contribution in [1.29, 1.82) is 0 Å². The SMILES string of the molecule is CCS(=O)(=O)c1cc(-c2ccc(F)cc2)cnc1C(=NCC(=O)OC)Nc1ccc(C(F)(F)F)cn1. The van der Waals surface area contributed by atoms with Crippen molar-refractivity contribution in [2.75, 3.05) is 24.7 Å². The molecule has 3 aromatic rings. The van der Waals surface area contributed by atoms with E-state index in [1.165, 1.54) is 43.5 Å². The summed E-state index contributed by atoms with van der Waals surface area (Å²) in [6.45, 7) is 0.881. The number of carbonyl (C=O) groups is 1.